The zero-order valence-electron chi connectivity index (χ0n) is 10.1. The van der Waals surface area contributed by atoms with Crippen LogP contribution < -0.4 is 0 Å². The Bertz CT molecular complexity index is 490. The molecule has 0 radical (unpaired) electrons. The van der Waals surface area contributed by atoms with Gasteiger partial charge in [0.05, 0.1) is 11.0 Å². The van der Waals surface area contributed by atoms with Crippen LogP contribution in [0.1, 0.15) is 17.6 Å². The van der Waals surface area contributed by atoms with E-state index in [1.54, 1.807) is 7.11 Å². The third-order valence-corrected chi connectivity index (χ3v) is 2.60. The smallest absolute Gasteiger partial charge is 0.135 e. The Morgan fingerprint density at radius 2 is 2.12 bits per heavy atom. The summed E-state index contributed by atoms with van der Waals surface area (Å²) in [7, 11) is 5.71. The maximum atomic E-state index is 5.45. The maximum absolute atomic E-state index is 5.45. The number of aryl methyl sites for hydroxylation is 1. The molecule has 1 unspecified atom stereocenters. The molecule has 2 aromatic rings. The lowest BCUT2D eigenvalue weighted by atomic mass is 10.1. The first-order valence-corrected chi connectivity index (χ1v) is 5.27. The number of imidazole rings is 1. The third kappa shape index (κ3) is 1.94. The molecule has 1 aromatic heterocycles. The molecule has 0 aliphatic rings. The summed E-state index contributed by atoms with van der Waals surface area (Å²) in [4.78, 5) is 9.64. The lowest BCUT2D eigenvalue weighted by Crippen LogP contribution is -2.21. The Balaban J connectivity index is 2.44. The lowest BCUT2D eigenvalue weighted by Gasteiger charge is -2.22. The highest BCUT2D eigenvalue weighted by molar-refractivity contribution is 5.75. The third-order valence-electron chi connectivity index (χ3n) is 2.60. The predicted molar refractivity (Wildman–Crippen MR) is 64.3 cm³/mol. The van der Waals surface area contributed by atoms with Gasteiger partial charge in [-0.25, -0.2) is 4.98 Å². The van der Waals surface area contributed by atoms with Gasteiger partial charge in [-0.3, -0.25) is 4.90 Å². The first-order valence-electron chi connectivity index (χ1n) is 5.27. The van der Waals surface area contributed by atoms with E-state index in [0.29, 0.717) is 0 Å². The molecule has 1 aromatic carbocycles. The summed E-state index contributed by atoms with van der Waals surface area (Å²) < 4.78 is 5.45. The van der Waals surface area contributed by atoms with Crippen LogP contribution in [-0.4, -0.2) is 36.1 Å². The van der Waals surface area contributed by atoms with E-state index in [1.807, 2.05) is 32.0 Å². The van der Waals surface area contributed by atoms with Crippen LogP contribution in [-0.2, 0) is 4.74 Å². The minimum atomic E-state index is -0.0204. The van der Waals surface area contributed by atoms with E-state index in [1.165, 1.54) is 0 Å². The van der Waals surface area contributed by atoms with Crippen molar-refractivity contribution >= 4 is 11.0 Å². The number of aromatic amines is 1. The van der Waals surface area contributed by atoms with Gasteiger partial charge in [-0.05, 0) is 38.7 Å². The number of rotatable bonds is 3. The predicted octanol–water partition coefficient (Wildman–Crippen LogP) is 2.08. The van der Waals surface area contributed by atoms with Crippen molar-refractivity contribution in [1.82, 2.24) is 14.9 Å². The number of methoxy groups -OCH3 is 1. The van der Waals surface area contributed by atoms with Gasteiger partial charge >= 0.3 is 0 Å². The summed E-state index contributed by atoms with van der Waals surface area (Å²) in [5, 5.41) is 0. The zero-order chi connectivity index (χ0) is 11.7. The van der Waals surface area contributed by atoms with E-state index in [4.69, 9.17) is 4.74 Å². The van der Waals surface area contributed by atoms with Gasteiger partial charge in [0, 0.05) is 7.11 Å². The maximum Gasteiger partial charge on any atom is 0.135 e. The molecule has 0 saturated heterocycles. The van der Waals surface area contributed by atoms with Crippen molar-refractivity contribution in [3.63, 3.8) is 0 Å². The molecule has 1 atom stereocenters. The second-order valence-electron chi connectivity index (χ2n) is 4.15. The Labute approximate surface area is 95.2 Å². The molecule has 2 rings (SSSR count). The molecular weight excluding hydrogens is 202 g/mol. The molecule has 4 heteroatoms. The molecule has 1 N–H and O–H groups in total. The Morgan fingerprint density at radius 3 is 2.75 bits per heavy atom. The van der Waals surface area contributed by atoms with Crippen molar-refractivity contribution in [1.29, 1.82) is 0 Å². The van der Waals surface area contributed by atoms with E-state index in [9.17, 15) is 0 Å². The highest BCUT2D eigenvalue weighted by atomic mass is 16.5. The van der Waals surface area contributed by atoms with Crippen LogP contribution in [0.2, 0.25) is 0 Å². The summed E-state index contributed by atoms with van der Waals surface area (Å²) in [6, 6.07) is 6.16. The van der Waals surface area contributed by atoms with Gasteiger partial charge in [-0.15, -0.1) is 0 Å². The van der Waals surface area contributed by atoms with Crippen molar-refractivity contribution in [2.24, 2.45) is 0 Å². The van der Waals surface area contributed by atoms with Crippen LogP contribution >= 0.6 is 0 Å². The van der Waals surface area contributed by atoms with Crippen LogP contribution in [0, 0.1) is 6.92 Å². The quantitative estimate of drug-likeness (QED) is 0.803. The van der Waals surface area contributed by atoms with Crippen LogP contribution in [0.3, 0.4) is 0 Å². The number of benzene rings is 1. The minimum Gasteiger partial charge on any atom is -0.362 e. The minimum absolute atomic E-state index is 0.0204. The van der Waals surface area contributed by atoms with E-state index in [2.05, 4.69) is 22.1 Å². The van der Waals surface area contributed by atoms with Crippen LogP contribution in [0.4, 0.5) is 0 Å². The van der Waals surface area contributed by atoms with Crippen molar-refractivity contribution in [3.05, 3.63) is 29.6 Å². The number of hydrogen-bond acceptors (Lipinski definition) is 3. The molecule has 0 saturated carbocycles. The zero-order valence-corrected chi connectivity index (χ0v) is 10.1. The Hall–Kier alpha value is -1.39. The SMILES string of the molecule is COC(c1ccc2nc(C)[nH]c2c1)N(C)C. The number of aromatic nitrogens is 2. The number of hydrogen-bond donors (Lipinski definition) is 1. The second-order valence-corrected chi connectivity index (χ2v) is 4.15. The lowest BCUT2D eigenvalue weighted by molar-refractivity contribution is -0.00531. The van der Waals surface area contributed by atoms with Crippen molar-refractivity contribution in [3.8, 4) is 0 Å². The summed E-state index contributed by atoms with van der Waals surface area (Å²) >= 11 is 0. The van der Waals surface area contributed by atoms with Gasteiger partial charge in [-0.2, -0.15) is 0 Å². The molecule has 1 heterocycles. The van der Waals surface area contributed by atoms with E-state index < -0.39 is 0 Å². The van der Waals surface area contributed by atoms with E-state index in [-0.39, 0.29) is 6.23 Å². The summed E-state index contributed by atoms with van der Waals surface area (Å²) in [5.74, 6) is 0.936. The highest BCUT2D eigenvalue weighted by Gasteiger charge is 2.13. The first kappa shape index (κ1) is 11.1. The normalized spacial score (nSPS) is 13.6. The molecule has 0 aliphatic carbocycles. The van der Waals surface area contributed by atoms with Crippen molar-refractivity contribution in [2.75, 3.05) is 21.2 Å². The van der Waals surface area contributed by atoms with Crippen molar-refractivity contribution in [2.45, 2.75) is 13.2 Å². The second kappa shape index (κ2) is 4.23. The fourth-order valence-electron chi connectivity index (χ4n) is 1.95. The van der Waals surface area contributed by atoms with Gasteiger partial charge in [0.1, 0.15) is 12.1 Å². The van der Waals surface area contributed by atoms with Crippen molar-refractivity contribution < 1.29 is 4.74 Å². The molecule has 0 aliphatic heterocycles. The number of nitrogens with one attached hydrogen (secondary N) is 1. The van der Waals surface area contributed by atoms with E-state index >= 15 is 0 Å². The van der Waals surface area contributed by atoms with Gasteiger partial charge in [-0.1, -0.05) is 6.07 Å². The average Bonchev–Trinajstić information content (AvgIpc) is 2.57. The van der Waals surface area contributed by atoms with Crippen LogP contribution in [0.15, 0.2) is 18.2 Å². The number of fused-ring (bicyclic) bond motifs is 1. The molecule has 16 heavy (non-hydrogen) atoms. The molecule has 0 amide bonds. The van der Waals surface area contributed by atoms with Crippen LogP contribution in [0.25, 0.3) is 11.0 Å². The fourth-order valence-corrected chi connectivity index (χ4v) is 1.95. The van der Waals surface area contributed by atoms with Gasteiger partial charge in [0.15, 0.2) is 0 Å². The fraction of sp³-hybridized carbons (Fsp3) is 0.417. The molecule has 0 fully saturated rings. The van der Waals surface area contributed by atoms with Crippen LogP contribution in [0.5, 0.6) is 0 Å². The van der Waals surface area contributed by atoms with Gasteiger partial charge < -0.3 is 9.72 Å². The molecular formula is C12H17N3O. The standard InChI is InChI=1S/C12H17N3O/c1-8-13-10-6-5-9(7-11(10)14-8)12(16-4)15(2)3/h5-7,12H,1-4H3,(H,13,14). The number of H-pyrrole nitrogens is 1. The Morgan fingerprint density at radius 1 is 1.38 bits per heavy atom. The largest absolute Gasteiger partial charge is 0.362 e. The summed E-state index contributed by atoms with van der Waals surface area (Å²) in [5.41, 5.74) is 3.18. The van der Waals surface area contributed by atoms with Gasteiger partial charge in [0.25, 0.3) is 0 Å². The summed E-state index contributed by atoms with van der Waals surface area (Å²) in [6.07, 6.45) is -0.0204. The molecule has 0 bridgehead atoms. The monoisotopic (exact) mass is 219 g/mol. The summed E-state index contributed by atoms with van der Waals surface area (Å²) in [6.45, 7) is 1.96. The Kier molecular flexibility index (Phi) is 2.94. The van der Waals surface area contributed by atoms with E-state index in [0.717, 1.165) is 22.4 Å². The highest BCUT2D eigenvalue weighted by Crippen LogP contribution is 2.22. The molecule has 86 valence electrons. The number of ether oxygens (including phenoxy) is 1. The molecule has 0 spiro atoms. The average molecular weight is 219 g/mol. The topological polar surface area (TPSA) is 41.1 Å². The number of nitrogens with zero attached hydrogens (tertiary/aromatic N) is 2. The molecule has 4 nitrogen and oxygen atoms in total. The van der Waals surface area contributed by atoms with Gasteiger partial charge in [0.2, 0.25) is 0 Å². The first-order chi connectivity index (χ1) is 7.61.